The van der Waals surface area contributed by atoms with E-state index in [4.69, 9.17) is 16.3 Å². The molecule has 0 radical (unpaired) electrons. The molecule has 0 aliphatic heterocycles. The molecule has 0 aliphatic rings. The third-order valence-corrected chi connectivity index (χ3v) is 3.32. The number of carbonyl (C=O) groups is 1. The van der Waals surface area contributed by atoms with Gasteiger partial charge in [-0.15, -0.1) is 0 Å². The van der Waals surface area contributed by atoms with E-state index in [-0.39, 0.29) is 25.0 Å². The highest BCUT2D eigenvalue weighted by atomic mass is 79.9. The van der Waals surface area contributed by atoms with Gasteiger partial charge in [-0.3, -0.25) is 4.79 Å². The van der Waals surface area contributed by atoms with E-state index in [1.54, 1.807) is 18.2 Å². The van der Waals surface area contributed by atoms with Crippen molar-refractivity contribution in [3.05, 3.63) is 27.7 Å². The van der Waals surface area contributed by atoms with E-state index >= 15 is 0 Å². The Labute approximate surface area is 126 Å². The number of benzene rings is 1. The number of nitrogens with one attached hydrogen (secondary N) is 1. The summed E-state index contributed by atoms with van der Waals surface area (Å²) < 4.78 is 6.14. The van der Waals surface area contributed by atoms with E-state index in [0.29, 0.717) is 10.8 Å². The Morgan fingerprint density at radius 2 is 2.21 bits per heavy atom. The summed E-state index contributed by atoms with van der Waals surface area (Å²) >= 11 is 9.24. The van der Waals surface area contributed by atoms with Gasteiger partial charge in [0.05, 0.1) is 11.1 Å². The fourth-order valence-corrected chi connectivity index (χ4v) is 1.97. The highest BCUT2D eigenvalue weighted by molar-refractivity contribution is 9.10. The van der Waals surface area contributed by atoms with E-state index < -0.39 is 6.10 Å². The number of carbonyl (C=O) groups excluding carboxylic acids is 1. The molecule has 6 heteroatoms. The lowest BCUT2D eigenvalue weighted by Gasteiger charge is -2.15. The summed E-state index contributed by atoms with van der Waals surface area (Å²) in [6.45, 7) is 3.85. The maximum atomic E-state index is 11.5. The third-order valence-electron chi connectivity index (χ3n) is 2.53. The first-order valence-corrected chi connectivity index (χ1v) is 7.10. The molecule has 1 aromatic rings. The Kier molecular flexibility index (Phi) is 6.62. The first-order valence-electron chi connectivity index (χ1n) is 5.92. The predicted octanol–water partition coefficient (Wildman–Crippen LogP) is 2.61. The lowest BCUT2D eigenvalue weighted by atomic mass is 10.1. The van der Waals surface area contributed by atoms with Crippen molar-refractivity contribution in [3.63, 3.8) is 0 Å². The van der Waals surface area contributed by atoms with Gasteiger partial charge >= 0.3 is 0 Å². The normalized spacial score (nSPS) is 12.3. The minimum atomic E-state index is -0.555. The number of rotatable bonds is 6. The van der Waals surface area contributed by atoms with Crippen LogP contribution in [0.3, 0.4) is 0 Å². The largest absolute Gasteiger partial charge is 0.482 e. The van der Waals surface area contributed by atoms with Crippen LogP contribution < -0.4 is 10.1 Å². The Hall–Kier alpha value is -0.780. The molecule has 2 N–H and O–H groups in total. The van der Waals surface area contributed by atoms with Gasteiger partial charge in [0.1, 0.15) is 5.75 Å². The maximum absolute atomic E-state index is 11.5. The highest BCUT2D eigenvalue weighted by Crippen LogP contribution is 2.27. The van der Waals surface area contributed by atoms with Crippen molar-refractivity contribution in [1.82, 2.24) is 5.32 Å². The lowest BCUT2D eigenvalue weighted by molar-refractivity contribution is -0.123. The molecule has 106 valence electrons. The minimum absolute atomic E-state index is 0.0992. The number of amides is 1. The zero-order valence-corrected chi connectivity index (χ0v) is 13.2. The topological polar surface area (TPSA) is 58.6 Å². The van der Waals surface area contributed by atoms with Gasteiger partial charge in [0.2, 0.25) is 0 Å². The van der Waals surface area contributed by atoms with Crippen molar-refractivity contribution in [3.8, 4) is 5.75 Å². The summed E-state index contributed by atoms with van der Waals surface area (Å²) in [7, 11) is 0. The second kappa shape index (κ2) is 7.72. The molecular formula is C13H17BrClNO3. The van der Waals surface area contributed by atoms with Crippen LogP contribution in [-0.2, 0) is 4.79 Å². The van der Waals surface area contributed by atoms with Crippen LogP contribution >= 0.6 is 27.5 Å². The van der Waals surface area contributed by atoms with Crippen LogP contribution in [0.4, 0.5) is 0 Å². The van der Waals surface area contributed by atoms with Crippen molar-refractivity contribution in [2.75, 3.05) is 13.2 Å². The third kappa shape index (κ3) is 5.80. The van der Waals surface area contributed by atoms with Gasteiger partial charge in [-0.2, -0.15) is 0 Å². The van der Waals surface area contributed by atoms with E-state index in [0.717, 1.165) is 4.47 Å². The van der Waals surface area contributed by atoms with Crippen molar-refractivity contribution < 1.29 is 14.6 Å². The molecule has 0 saturated carbocycles. The molecular weight excluding hydrogens is 334 g/mol. The number of hydrogen-bond donors (Lipinski definition) is 2. The molecule has 0 saturated heterocycles. The molecule has 0 aromatic heterocycles. The SMILES string of the molecule is CC(C)C(O)CNC(=O)COc1ccc(Br)cc1Cl. The summed E-state index contributed by atoms with van der Waals surface area (Å²) in [5.74, 6) is 0.255. The summed E-state index contributed by atoms with van der Waals surface area (Å²) in [5.41, 5.74) is 0. The van der Waals surface area contributed by atoms with Crippen molar-refractivity contribution in [2.45, 2.75) is 20.0 Å². The van der Waals surface area contributed by atoms with Gasteiger partial charge in [0, 0.05) is 11.0 Å². The van der Waals surface area contributed by atoms with Gasteiger partial charge in [0.25, 0.3) is 5.91 Å². The van der Waals surface area contributed by atoms with Crippen LogP contribution in [-0.4, -0.2) is 30.3 Å². The average Bonchev–Trinajstić information content (AvgIpc) is 2.34. The summed E-state index contributed by atoms with van der Waals surface area (Å²) in [5, 5.41) is 12.6. The zero-order valence-electron chi connectivity index (χ0n) is 10.8. The molecule has 0 aliphatic carbocycles. The second-order valence-corrected chi connectivity index (χ2v) is 5.80. The van der Waals surface area contributed by atoms with Crippen molar-refractivity contribution in [2.24, 2.45) is 5.92 Å². The minimum Gasteiger partial charge on any atom is -0.482 e. The van der Waals surface area contributed by atoms with E-state index in [2.05, 4.69) is 21.2 Å². The maximum Gasteiger partial charge on any atom is 0.258 e. The number of hydrogen-bond acceptors (Lipinski definition) is 3. The van der Waals surface area contributed by atoms with Crippen LogP contribution in [0, 0.1) is 5.92 Å². The molecule has 0 spiro atoms. The molecule has 1 aromatic carbocycles. The highest BCUT2D eigenvalue weighted by Gasteiger charge is 2.11. The fourth-order valence-electron chi connectivity index (χ4n) is 1.24. The molecule has 4 nitrogen and oxygen atoms in total. The quantitative estimate of drug-likeness (QED) is 0.829. The molecule has 0 bridgehead atoms. The number of halogens is 2. The van der Waals surface area contributed by atoms with E-state index in [9.17, 15) is 9.90 Å². The van der Waals surface area contributed by atoms with E-state index in [1.807, 2.05) is 13.8 Å². The smallest absolute Gasteiger partial charge is 0.258 e. The molecule has 19 heavy (non-hydrogen) atoms. The van der Waals surface area contributed by atoms with Crippen molar-refractivity contribution >= 4 is 33.4 Å². The molecule has 1 rings (SSSR count). The first kappa shape index (κ1) is 16.3. The van der Waals surface area contributed by atoms with Crippen molar-refractivity contribution in [1.29, 1.82) is 0 Å². The fraction of sp³-hybridized carbons (Fsp3) is 0.462. The average molecular weight is 351 g/mol. The first-order chi connectivity index (χ1) is 8.90. The Balaban J connectivity index is 2.38. The molecule has 1 amide bonds. The van der Waals surface area contributed by atoms with Crippen LogP contribution in [0.1, 0.15) is 13.8 Å². The van der Waals surface area contributed by atoms with Gasteiger partial charge < -0.3 is 15.2 Å². The molecule has 1 unspecified atom stereocenters. The van der Waals surface area contributed by atoms with E-state index in [1.165, 1.54) is 0 Å². The van der Waals surface area contributed by atoms with Gasteiger partial charge in [-0.1, -0.05) is 41.4 Å². The standard InChI is InChI=1S/C13H17BrClNO3/c1-8(2)11(17)6-16-13(18)7-19-12-4-3-9(14)5-10(12)15/h3-5,8,11,17H,6-7H2,1-2H3,(H,16,18). The number of ether oxygens (including phenoxy) is 1. The monoisotopic (exact) mass is 349 g/mol. The van der Waals surface area contributed by atoms with Crippen LogP contribution in [0.5, 0.6) is 5.75 Å². The molecule has 1 atom stereocenters. The lowest BCUT2D eigenvalue weighted by Crippen LogP contribution is -2.37. The predicted molar refractivity (Wildman–Crippen MR) is 78.5 cm³/mol. The molecule has 0 fully saturated rings. The summed E-state index contributed by atoms with van der Waals surface area (Å²) in [4.78, 5) is 11.5. The van der Waals surface area contributed by atoms with Gasteiger partial charge in [-0.25, -0.2) is 0 Å². The van der Waals surface area contributed by atoms with Crippen LogP contribution in [0.2, 0.25) is 5.02 Å². The van der Waals surface area contributed by atoms with Crippen LogP contribution in [0.15, 0.2) is 22.7 Å². The molecule has 0 heterocycles. The Bertz CT molecular complexity index is 440. The zero-order chi connectivity index (χ0) is 14.4. The van der Waals surface area contributed by atoms with Gasteiger partial charge in [0.15, 0.2) is 6.61 Å². The number of aliphatic hydroxyl groups excluding tert-OH is 1. The van der Waals surface area contributed by atoms with Crippen LogP contribution in [0.25, 0.3) is 0 Å². The Morgan fingerprint density at radius 3 is 2.79 bits per heavy atom. The van der Waals surface area contributed by atoms with Gasteiger partial charge in [-0.05, 0) is 24.1 Å². The summed E-state index contributed by atoms with van der Waals surface area (Å²) in [6.07, 6.45) is -0.555. The second-order valence-electron chi connectivity index (χ2n) is 4.48. The number of aliphatic hydroxyl groups is 1. The Morgan fingerprint density at radius 1 is 1.53 bits per heavy atom. The summed E-state index contributed by atoms with van der Waals surface area (Å²) in [6, 6.07) is 5.15.